The Morgan fingerprint density at radius 2 is 1.62 bits per heavy atom. The summed E-state index contributed by atoms with van der Waals surface area (Å²) in [5.41, 5.74) is 1.53. The summed E-state index contributed by atoms with van der Waals surface area (Å²) in [7, 11) is 0. The van der Waals surface area contributed by atoms with Gasteiger partial charge in [0.05, 0.1) is 6.26 Å². The third-order valence-corrected chi connectivity index (χ3v) is 5.02. The molecule has 136 valence electrons. The Morgan fingerprint density at radius 1 is 0.923 bits per heavy atom. The van der Waals surface area contributed by atoms with Gasteiger partial charge in [0.2, 0.25) is 0 Å². The number of amides is 2. The van der Waals surface area contributed by atoms with Gasteiger partial charge in [0, 0.05) is 51.2 Å². The van der Waals surface area contributed by atoms with Gasteiger partial charge in [0.15, 0.2) is 5.76 Å². The smallest absolute Gasteiger partial charge is 0.289 e. The molecule has 2 aliphatic heterocycles. The number of rotatable bonds is 3. The van der Waals surface area contributed by atoms with Crippen LogP contribution in [0.1, 0.15) is 33.9 Å². The molecule has 0 aliphatic carbocycles. The molecule has 2 amide bonds. The molecule has 4 heterocycles. The molecule has 0 N–H and O–H groups in total. The summed E-state index contributed by atoms with van der Waals surface area (Å²) in [6, 6.07) is 7.20. The van der Waals surface area contributed by atoms with Crippen LogP contribution in [0.3, 0.4) is 0 Å². The maximum absolute atomic E-state index is 12.8. The zero-order chi connectivity index (χ0) is 17.9. The predicted molar refractivity (Wildman–Crippen MR) is 96.2 cm³/mol. The second-order valence-electron chi connectivity index (χ2n) is 6.66. The first-order valence-corrected chi connectivity index (χ1v) is 9.05. The Labute approximate surface area is 152 Å². The van der Waals surface area contributed by atoms with Crippen molar-refractivity contribution in [2.45, 2.75) is 12.8 Å². The largest absolute Gasteiger partial charge is 0.459 e. The molecular formula is C19H22N4O3. The molecule has 0 saturated carbocycles. The monoisotopic (exact) mass is 354 g/mol. The molecule has 4 rings (SSSR count). The highest BCUT2D eigenvalue weighted by atomic mass is 16.3. The highest BCUT2D eigenvalue weighted by molar-refractivity contribution is 5.94. The standard InChI is InChI=1S/C19H22N4O3/c24-18(16-14-15(5-6-20-16)21-7-1-2-8-21)22-9-11-23(12-10-22)19(25)17-4-3-13-26-17/h3-6,13-14H,1-2,7-12H2. The lowest BCUT2D eigenvalue weighted by atomic mass is 10.2. The van der Waals surface area contributed by atoms with Gasteiger partial charge in [-0.05, 0) is 37.1 Å². The van der Waals surface area contributed by atoms with E-state index in [0.29, 0.717) is 37.6 Å². The van der Waals surface area contributed by atoms with Crippen LogP contribution >= 0.6 is 0 Å². The Balaban J connectivity index is 1.39. The minimum Gasteiger partial charge on any atom is -0.459 e. The topological polar surface area (TPSA) is 69.9 Å². The van der Waals surface area contributed by atoms with Crippen molar-refractivity contribution in [2.75, 3.05) is 44.2 Å². The molecule has 0 radical (unpaired) electrons. The molecule has 2 aromatic rings. The Hall–Kier alpha value is -2.83. The van der Waals surface area contributed by atoms with Gasteiger partial charge < -0.3 is 19.1 Å². The predicted octanol–water partition coefficient (Wildman–Crippen LogP) is 1.87. The van der Waals surface area contributed by atoms with Gasteiger partial charge in [0.1, 0.15) is 5.69 Å². The molecule has 0 unspecified atom stereocenters. The van der Waals surface area contributed by atoms with E-state index in [4.69, 9.17) is 4.42 Å². The van der Waals surface area contributed by atoms with E-state index in [0.717, 1.165) is 18.8 Å². The third kappa shape index (κ3) is 3.29. The summed E-state index contributed by atoms with van der Waals surface area (Å²) in [6.45, 7) is 4.06. The molecule has 2 aliphatic rings. The number of hydrogen-bond donors (Lipinski definition) is 0. The summed E-state index contributed by atoms with van der Waals surface area (Å²) in [5, 5.41) is 0. The summed E-state index contributed by atoms with van der Waals surface area (Å²) >= 11 is 0. The minimum atomic E-state index is -0.128. The van der Waals surface area contributed by atoms with E-state index < -0.39 is 0 Å². The van der Waals surface area contributed by atoms with Crippen molar-refractivity contribution >= 4 is 17.5 Å². The van der Waals surface area contributed by atoms with Crippen LogP contribution in [-0.2, 0) is 0 Å². The summed E-state index contributed by atoms with van der Waals surface area (Å²) in [5.74, 6) is 0.136. The number of piperazine rings is 1. The lowest BCUT2D eigenvalue weighted by Crippen LogP contribution is -2.50. The van der Waals surface area contributed by atoms with E-state index in [1.807, 2.05) is 12.1 Å². The summed E-state index contributed by atoms with van der Waals surface area (Å²) < 4.78 is 5.17. The molecule has 2 fully saturated rings. The first-order valence-electron chi connectivity index (χ1n) is 9.05. The van der Waals surface area contributed by atoms with Crippen molar-refractivity contribution in [3.05, 3.63) is 48.2 Å². The van der Waals surface area contributed by atoms with Crippen molar-refractivity contribution in [3.8, 4) is 0 Å². The number of pyridine rings is 1. The van der Waals surface area contributed by atoms with E-state index in [1.54, 1.807) is 28.1 Å². The average molecular weight is 354 g/mol. The molecule has 0 spiro atoms. The van der Waals surface area contributed by atoms with Gasteiger partial charge in [0.25, 0.3) is 11.8 Å². The SMILES string of the molecule is O=C(c1cc(N2CCCC2)ccn1)N1CCN(C(=O)c2ccco2)CC1. The molecule has 2 aromatic heterocycles. The van der Waals surface area contributed by atoms with Crippen molar-refractivity contribution in [2.24, 2.45) is 0 Å². The van der Waals surface area contributed by atoms with Gasteiger partial charge in [-0.15, -0.1) is 0 Å². The minimum absolute atomic E-state index is 0.0730. The maximum atomic E-state index is 12.8. The van der Waals surface area contributed by atoms with E-state index in [-0.39, 0.29) is 11.8 Å². The zero-order valence-electron chi connectivity index (χ0n) is 14.6. The van der Waals surface area contributed by atoms with E-state index >= 15 is 0 Å². The van der Waals surface area contributed by atoms with Crippen molar-refractivity contribution in [3.63, 3.8) is 0 Å². The van der Waals surface area contributed by atoms with Crippen LogP contribution in [0.2, 0.25) is 0 Å². The number of carbonyl (C=O) groups is 2. The van der Waals surface area contributed by atoms with Gasteiger partial charge in [-0.1, -0.05) is 0 Å². The van der Waals surface area contributed by atoms with Crippen LogP contribution in [0.5, 0.6) is 0 Å². The quantitative estimate of drug-likeness (QED) is 0.842. The molecule has 7 heteroatoms. The normalized spacial score (nSPS) is 17.6. The molecule has 0 bridgehead atoms. The highest BCUT2D eigenvalue weighted by Gasteiger charge is 2.27. The molecule has 2 saturated heterocycles. The van der Waals surface area contributed by atoms with Crippen LogP contribution in [0, 0.1) is 0 Å². The van der Waals surface area contributed by atoms with Gasteiger partial charge in [-0.2, -0.15) is 0 Å². The maximum Gasteiger partial charge on any atom is 0.289 e. The number of carbonyl (C=O) groups excluding carboxylic acids is 2. The van der Waals surface area contributed by atoms with E-state index in [9.17, 15) is 9.59 Å². The zero-order valence-corrected chi connectivity index (χ0v) is 14.6. The molecule has 26 heavy (non-hydrogen) atoms. The van der Waals surface area contributed by atoms with Gasteiger partial charge in [-0.3, -0.25) is 14.6 Å². The highest BCUT2D eigenvalue weighted by Crippen LogP contribution is 2.21. The average Bonchev–Trinajstić information content (AvgIpc) is 3.41. The number of furan rings is 1. The van der Waals surface area contributed by atoms with Crippen LogP contribution in [0.15, 0.2) is 41.1 Å². The number of hydrogen-bond acceptors (Lipinski definition) is 5. The van der Waals surface area contributed by atoms with Crippen molar-refractivity contribution in [1.82, 2.24) is 14.8 Å². The fraction of sp³-hybridized carbons (Fsp3) is 0.421. The third-order valence-electron chi connectivity index (χ3n) is 5.02. The first kappa shape index (κ1) is 16.6. The summed E-state index contributed by atoms with van der Waals surface area (Å²) in [4.78, 5) is 35.1. The van der Waals surface area contributed by atoms with Crippen molar-refractivity contribution in [1.29, 1.82) is 0 Å². The lowest BCUT2D eigenvalue weighted by Gasteiger charge is -2.34. The van der Waals surface area contributed by atoms with Crippen LogP contribution in [0.25, 0.3) is 0 Å². The van der Waals surface area contributed by atoms with Crippen molar-refractivity contribution < 1.29 is 14.0 Å². The Kier molecular flexibility index (Phi) is 4.60. The fourth-order valence-corrected chi connectivity index (χ4v) is 3.54. The second kappa shape index (κ2) is 7.19. The number of nitrogens with zero attached hydrogens (tertiary/aromatic N) is 4. The van der Waals surface area contributed by atoms with Crippen LogP contribution in [-0.4, -0.2) is 65.9 Å². The molecule has 0 aromatic carbocycles. The Bertz CT molecular complexity index is 776. The van der Waals surface area contributed by atoms with E-state index in [1.165, 1.54) is 19.1 Å². The number of anilines is 1. The lowest BCUT2D eigenvalue weighted by molar-refractivity contribution is 0.0515. The fourth-order valence-electron chi connectivity index (χ4n) is 3.54. The van der Waals surface area contributed by atoms with Gasteiger partial charge in [-0.25, -0.2) is 0 Å². The van der Waals surface area contributed by atoms with Crippen LogP contribution in [0.4, 0.5) is 5.69 Å². The van der Waals surface area contributed by atoms with Crippen LogP contribution < -0.4 is 4.90 Å². The summed E-state index contributed by atoms with van der Waals surface area (Å²) in [6.07, 6.45) is 5.58. The number of aromatic nitrogens is 1. The van der Waals surface area contributed by atoms with Gasteiger partial charge >= 0.3 is 0 Å². The molecular weight excluding hydrogens is 332 g/mol. The first-order chi connectivity index (χ1) is 12.7. The molecule has 7 nitrogen and oxygen atoms in total. The Morgan fingerprint density at radius 3 is 2.27 bits per heavy atom. The molecule has 0 atom stereocenters. The second-order valence-corrected chi connectivity index (χ2v) is 6.66. The van der Waals surface area contributed by atoms with E-state index in [2.05, 4.69) is 9.88 Å².